The molecule has 0 radical (unpaired) electrons. The van der Waals surface area contributed by atoms with Gasteiger partial charge >= 0.3 is 5.97 Å². The molecule has 28 heavy (non-hydrogen) atoms. The van der Waals surface area contributed by atoms with Crippen LogP contribution in [0.3, 0.4) is 0 Å². The maximum atomic E-state index is 12.3. The van der Waals surface area contributed by atoms with E-state index in [1.54, 1.807) is 24.4 Å². The number of benzene rings is 2. The van der Waals surface area contributed by atoms with Crippen LogP contribution < -0.4 is 16.0 Å². The lowest BCUT2D eigenvalue weighted by Crippen LogP contribution is -2.39. The summed E-state index contributed by atoms with van der Waals surface area (Å²) in [5.41, 5.74) is 8.25. The Morgan fingerprint density at radius 2 is 1.82 bits per heavy atom. The number of fused-ring (bicyclic) bond motifs is 1. The van der Waals surface area contributed by atoms with Crippen LogP contribution in [0.25, 0.3) is 10.8 Å². The number of nitrogens with two attached hydrogens (primary N) is 1. The van der Waals surface area contributed by atoms with Crippen LogP contribution in [0.4, 0.5) is 17.1 Å². The number of Topliss-reactive ketones (excluding diaryl/α,β-unsaturated/α-hetero) is 1. The minimum Gasteiger partial charge on any atom is -0.480 e. The standard InChI is InChI=1S/C21H23N3O4/c1-4-7-13(2)11-23-17-10-18(20(22)16-9-6-5-8-15(16)17)24(12-19(26)27)21(28)14(3)25/h4-11,23H,12,22H2,1-3H3,(H,26,27)/b7-4-,13-11-. The Morgan fingerprint density at radius 3 is 2.39 bits per heavy atom. The van der Waals surface area contributed by atoms with Crippen molar-refractivity contribution in [3.8, 4) is 0 Å². The number of carboxylic acid groups (broad SMARTS) is 1. The number of amides is 1. The monoisotopic (exact) mass is 381 g/mol. The lowest BCUT2D eigenvalue weighted by atomic mass is 10.0. The summed E-state index contributed by atoms with van der Waals surface area (Å²) in [5, 5.41) is 13.8. The highest BCUT2D eigenvalue weighted by molar-refractivity contribution is 6.41. The fraction of sp³-hybridized carbons (Fsp3) is 0.190. The highest BCUT2D eigenvalue weighted by Crippen LogP contribution is 2.37. The third-order valence-corrected chi connectivity index (χ3v) is 4.08. The van der Waals surface area contributed by atoms with Crippen molar-refractivity contribution >= 4 is 45.5 Å². The second-order valence-corrected chi connectivity index (χ2v) is 6.28. The van der Waals surface area contributed by atoms with E-state index in [4.69, 9.17) is 5.73 Å². The quantitative estimate of drug-likeness (QED) is 0.385. The SMILES string of the molecule is C/C=C\C(C)=C/Nc1cc(N(CC(=O)O)C(=O)C(C)=O)c(N)c2ccccc12. The summed E-state index contributed by atoms with van der Waals surface area (Å²) in [6, 6.07) is 8.87. The highest BCUT2D eigenvalue weighted by atomic mass is 16.4. The first-order valence-electron chi connectivity index (χ1n) is 8.67. The normalized spacial score (nSPS) is 11.6. The molecule has 0 aromatic heterocycles. The predicted octanol–water partition coefficient (Wildman–Crippen LogP) is 3.32. The zero-order valence-corrected chi connectivity index (χ0v) is 16.0. The van der Waals surface area contributed by atoms with Gasteiger partial charge in [0, 0.05) is 29.6 Å². The van der Waals surface area contributed by atoms with Crippen LogP contribution >= 0.6 is 0 Å². The van der Waals surface area contributed by atoms with Crippen molar-refractivity contribution in [2.45, 2.75) is 20.8 Å². The Balaban J connectivity index is 2.69. The van der Waals surface area contributed by atoms with Gasteiger partial charge in [-0.15, -0.1) is 0 Å². The zero-order chi connectivity index (χ0) is 20.8. The molecule has 0 saturated carbocycles. The minimum atomic E-state index is -1.25. The number of rotatable bonds is 7. The number of anilines is 3. The molecule has 0 heterocycles. The molecule has 0 spiro atoms. The molecule has 0 atom stereocenters. The van der Waals surface area contributed by atoms with Gasteiger partial charge in [0.15, 0.2) is 0 Å². The Hall–Kier alpha value is -3.61. The zero-order valence-electron chi connectivity index (χ0n) is 16.0. The lowest BCUT2D eigenvalue weighted by molar-refractivity contribution is -0.138. The molecule has 7 heteroatoms. The van der Waals surface area contributed by atoms with Crippen LogP contribution in [-0.4, -0.2) is 29.3 Å². The molecule has 0 fully saturated rings. The molecule has 146 valence electrons. The van der Waals surface area contributed by atoms with E-state index in [2.05, 4.69) is 5.32 Å². The van der Waals surface area contributed by atoms with Gasteiger partial charge in [-0.25, -0.2) is 0 Å². The molecule has 0 aliphatic carbocycles. The molecule has 4 N–H and O–H groups in total. The summed E-state index contributed by atoms with van der Waals surface area (Å²) in [5.74, 6) is -2.95. The van der Waals surface area contributed by atoms with E-state index >= 15 is 0 Å². The largest absolute Gasteiger partial charge is 0.480 e. The molecule has 0 saturated heterocycles. The van der Waals surface area contributed by atoms with Gasteiger partial charge in [-0.2, -0.15) is 0 Å². The van der Waals surface area contributed by atoms with Gasteiger partial charge in [0.05, 0.1) is 11.4 Å². The van der Waals surface area contributed by atoms with Crippen molar-refractivity contribution in [1.82, 2.24) is 0 Å². The van der Waals surface area contributed by atoms with Gasteiger partial charge in [0.25, 0.3) is 5.91 Å². The summed E-state index contributed by atoms with van der Waals surface area (Å²) in [6.07, 6.45) is 5.61. The number of ketones is 1. The number of nitrogens with zero attached hydrogens (tertiary/aromatic N) is 1. The van der Waals surface area contributed by atoms with E-state index in [0.717, 1.165) is 22.8 Å². The molecule has 0 bridgehead atoms. The van der Waals surface area contributed by atoms with Gasteiger partial charge in [-0.3, -0.25) is 19.3 Å². The Labute approximate surface area is 163 Å². The van der Waals surface area contributed by atoms with Gasteiger partial charge in [-0.1, -0.05) is 36.4 Å². The Bertz CT molecular complexity index is 993. The van der Waals surface area contributed by atoms with Crippen molar-refractivity contribution in [3.05, 3.63) is 54.3 Å². The van der Waals surface area contributed by atoms with E-state index in [1.165, 1.54) is 0 Å². The lowest BCUT2D eigenvalue weighted by Gasteiger charge is -2.23. The third-order valence-electron chi connectivity index (χ3n) is 4.08. The number of carbonyl (C=O) groups excluding carboxylic acids is 2. The van der Waals surface area contributed by atoms with Crippen molar-refractivity contribution < 1.29 is 19.5 Å². The van der Waals surface area contributed by atoms with Crippen molar-refractivity contribution in [2.75, 3.05) is 22.5 Å². The summed E-state index contributed by atoms with van der Waals surface area (Å²) in [7, 11) is 0. The molecule has 0 aliphatic heterocycles. The van der Waals surface area contributed by atoms with Crippen LogP contribution in [0.1, 0.15) is 20.8 Å². The summed E-state index contributed by atoms with van der Waals surface area (Å²) in [4.78, 5) is 36.1. The van der Waals surface area contributed by atoms with Gasteiger partial charge in [-0.05, 0) is 25.5 Å². The molecule has 2 aromatic carbocycles. The molecule has 0 aliphatic rings. The van der Waals surface area contributed by atoms with E-state index < -0.39 is 24.2 Å². The Kier molecular flexibility index (Phi) is 6.55. The number of nitrogen functional groups attached to an aromatic ring is 1. The van der Waals surface area contributed by atoms with E-state index in [1.807, 2.05) is 38.1 Å². The van der Waals surface area contributed by atoms with Crippen molar-refractivity contribution in [3.63, 3.8) is 0 Å². The first kappa shape index (κ1) is 20.7. The number of allylic oxidation sites excluding steroid dienone is 3. The van der Waals surface area contributed by atoms with E-state index in [-0.39, 0.29) is 11.4 Å². The number of carboxylic acids is 1. The van der Waals surface area contributed by atoms with Crippen LogP contribution in [0.2, 0.25) is 0 Å². The number of nitrogens with one attached hydrogen (secondary N) is 1. The number of aliphatic carboxylic acids is 1. The third kappa shape index (κ3) is 4.56. The van der Waals surface area contributed by atoms with Gasteiger partial charge in [0.1, 0.15) is 6.54 Å². The molecule has 2 rings (SSSR count). The van der Waals surface area contributed by atoms with Crippen LogP contribution in [0.15, 0.2) is 54.3 Å². The van der Waals surface area contributed by atoms with Crippen molar-refractivity contribution in [1.29, 1.82) is 0 Å². The first-order chi connectivity index (χ1) is 13.3. The fourth-order valence-electron chi connectivity index (χ4n) is 2.82. The molecule has 2 aromatic rings. The smallest absolute Gasteiger partial charge is 0.323 e. The maximum Gasteiger partial charge on any atom is 0.323 e. The van der Waals surface area contributed by atoms with Crippen molar-refractivity contribution in [2.24, 2.45) is 0 Å². The summed E-state index contributed by atoms with van der Waals surface area (Å²) >= 11 is 0. The number of hydrogen-bond acceptors (Lipinski definition) is 5. The average molecular weight is 381 g/mol. The second-order valence-electron chi connectivity index (χ2n) is 6.28. The molecule has 0 unspecified atom stereocenters. The van der Waals surface area contributed by atoms with E-state index in [0.29, 0.717) is 11.1 Å². The summed E-state index contributed by atoms with van der Waals surface area (Å²) < 4.78 is 0. The average Bonchev–Trinajstić information content (AvgIpc) is 2.65. The van der Waals surface area contributed by atoms with Gasteiger partial charge in [0.2, 0.25) is 5.78 Å². The number of hydrogen-bond donors (Lipinski definition) is 3. The molecule has 7 nitrogen and oxygen atoms in total. The molecule has 1 amide bonds. The summed E-state index contributed by atoms with van der Waals surface area (Å²) in [6.45, 7) is 4.25. The molecular formula is C21H23N3O4. The van der Waals surface area contributed by atoms with Crippen LogP contribution in [0.5, 0.6) is 0 Å². The topological polar surface area (TPSA) is 113 Å². The Morgan fingerprint density at radius 1 is 1.18 bits per heavy atom. The van der Waals surface area contributed by atoms with Crippen LogP contribution in [0, 0.1) is 0 Å². The highest BCUT2D eigenvalue weighted by Gasteiger charge is 2.25. The molecular weight excluding hydrogens is 358 g/mol. The first-order valence-corrected chi connectivity index (χ1v) is 8.67. The fourth-order valence-corrected chi connectivity index (χ4v) is 2.82. The minimum absolute atomic E-state index is 0.167. The maximum absolute atomic E-state index is 12.3. The number of carbonyl (C=O) groups is 3. The van der Waals surface area contributed by atoms with E-state index in [9.17, 15) is 19.5 Å². The predicted molar refractivity (Wildman–Crippen MR) is 111 cm³/mol. The second kappa shape index (κ2) is 8.85. The van der Waals surface area contributed by atoms with Crippen LogP contribution in [-0.2, 0) is 14.4 Å². The van der Waals surface area contributed by atoms with Gasteiger partial charge < -0.3 is 16.2 Å².